The fourth-order valence-corrected chi connectivity index (χ4v) is 4.40. The predicted octanol–water partition coefficient (Wildman–Crippen LogP) is 4.70. The number of hydrogen-bond donors (Lipinski definition) is 1. The van der Waals surface area contributed by atoms with Gasteiger partial charge in [0.05, 0.1) is 11.1 Å². The van der Waals surface area contributed by atoms with Crippen LogP contribution in [-0.4, -0.2) is 51.6 Å². The third-order valence-corrected chi connectivity index (χ3v) is 6.41. The Morgan fingerprint density at radius 3 is 2.03 bits per heavy atom. The van der Waals surface area contributed by atoms with Gasteiger partial charge in [-0.25, -0.2) is 0 Å². The molecular weight excluding hydrogens is 489 g/mol. The van der Waals surface area contributed by atoms with Gasteiger partial charge in [0, 0.05) is 40.7 Å². The Morgan fingerprint density at radius 2 is 1.51 bits per heavy atom. The lowest BCUT2D eigenvalue weighted by molar-refractivity contribution is -0.141. The minimum atomic E-state index is -0.798. The number of carbonyl (C=O) groups is 4. The zero-order chi connectivity index (χ0) is 25.9. The molecule has 0 saturated carbocycles. The maximum atomic E-state index is 13.3. The number of imide groups is 1. The SMILES string of the molecule is C[C@@H](C(=O)NC(C)(C)C)N(Cc1c(Cl)cccc1Cl)C(=O)CCCN1C(=O)c2ccccc2C1=O. The van der Waals surface area contributed by atoms with Crippen molar-refractivity contribution in [1.29, 1.82) is 0 Å². The number of hydrogen-bond acceptors (Lipinski definition) is 4. The van der Waals surface area contributed by atoms with Crippen LogP contribution < -0.4 is 5.32 Å². The van der Waals surface area contributed by atoms with E-state index in [9.17, 15) is 19.2 Å². The Balaban J connectivity index is 1.73. The van der Waals surface area contributed by atoms with E-state index in [1.807, 2.05) is 20.8 Å². The van der Waals surface area contributed by atoms with E-state index < -0.39 is 11.6 Å². The molecular formula is C26H29Cl2N3O4. The van der Waals surface area contributed by atoms with E-state index in [-0.39, 0.29) is 49.6 Å². The van der Waals surface area contributed by atoms with Gasteiger partial charge in [-0.15, -0.1) is 0 Å². The van der Waals surface area contributed by atoms with E-state index in [2.05, 4.69) is 5.32 Å². The van der Waals surface area contributed by atoms with E-state index in [4.69, 9.17) is 23.2 Å². The van der Waals surface area contributed by atoms with Crippen molar-refractivity contribution in [3.05, 3.63) is 69.2 Å². The molecule has 0 bridgehead atoms. The number of benzene rings is 2. The Hall–Kier alpha value is -2.90. The summed E-state index contributed by atoms with van der Waals surface area (Å²) >= 11 is 12.7. The summed E-state index contributed by atoms with van der Waals surface area (Å²) in [5.41, 5.74) is 0.797. The normalized spacial score (nSPS) is 14.1. The summed E-state index contributed by atoms with van der Waals surface area (Å²) in [6.07, 6.45) is 0.285. The van der Waals surface area contributed by atoms with Gasteiger partial charge < -0.3 is 10.2 Å². The van der Waals surface area contributed by atoms with Crippen LogP contribution in [0.5, 0.6) is 0 Å². The van der Waals surface area contributed by atoms with Gasteiger partial charge in [0.2, 0.25) is 11.8 Å². The van der Waals surface area contributed by atoms with Crippen molar-refractivity contribution >= 4 is 46.8 Å². The zero-order valence-corrected chi connectivity index (χ0v) is 21.7. The standard InChI is InChI=1S/C26H29Cl2N3O4/c1-16(23(33)29-26(2,3)4)31(15-19-20(27)11-7-12-21(19)28)22(32)13-8-14-30-24(34)17-9-5-6-10-18(17)25(30)35/h5-7,9-12,16H,8,13-15H2,1-4H3,(H,29,33)/t16-/m0/s1. The Bertz CT molecular complexity index is 1100. The molecule has 4 amide bonds. The van der Waals surface area contributed by atoms with E-state index in [1.54, 1.807) is 49.4 Å². The topological polar surface area (TPSA) is 86.8 Å². The van der Waals surface area contributed by atoms with Gasteiger partial charge in [0.15, 0.2) is 0 Å². The highest BCUT2D eigenvalue weighted by Crippen LogP contribution is 2.27. The van der Waals surface area contributed by atoms with Crippen LogP contribution in [-0.2, 0) is 16.1 Å². The highest BCUT2D eigenvalue weighted by Gasteiger charge is 2.35. The van der Waals surface area contributed by atoms with E-state index >= 15 is 0 Å². The molecule has 0 aromatic heterocycles. The molecule has 0 fully saturated rings. The van der Waals surface area contributed by atoms with E-state index in [0.29, 0.717) is 26.7 Å². The average Bonchev–Trinajstić information content (AvgIpc) is 3.02. The molecule has 0 unspecified atom stereocenters. The molecule has 1 heterocycles. The maximum Gasteiger partial charge on any atom is 0.261 e. The van der Waals surface area contributed by atoms with Crippen LogP contribution in [0, 0.1) is 0 Å². The van der Waals surface area contributed by atoms with Crippen LogP contribution in [0.2, 0.25) is 10.0 Å². The first-order valence-electron chi connectivity index (χ1n) is 11.4. The number of fused-ring (bicyclic) bond motifs is 1. The van der Waals surface area contributed by atoms with Crippen molar-refractivity contribution in [2.24, 2.45) is 0 Å². The molecule has 7 nitrogen and oxygen atoms in total. The third kappa shape index (κ3) is 6.21. The second kappa shape index (κ2) is 10.8. The molecule has 35 heavy (non-hydrogen) atoms. The number of rotatable bonds is 8. The first-order chi connectivity index (χ1) is 16.4. The van der Waals surface area contributed by atoms with Crippen LogP contribution in [0.3, 0.4) is 0 Å². The second-order valence-electron chi connectivity index (χ2n) is 9.55. The molecule has 1 aliphatic rings. The molecule has 186 valence electrons. The number of nitrogens with one attached hydrogen (secondary N) is 1. The van der Waals surface area contributed by atoms with Crippen LogP contribution in [0.25, 0.3) is 0 Å². The average molecular weight is 518 g/mol. The molecule has 1 N–H and O–H groups in total. The highest BCUT2D eigenvalue weighted by atomic mass is 35.5. The van der Waals surface area contributed by atoms with Gasteiger partial charge in [-0.05, 0) is 58.4 Å². The number of nitrogens with zero attached hydrogens (tertiary/aromatic N) is 2. The fourth-order valence-electron chi connectivity index (χ4n) is 3.88. The number of amides is 4. The Morgan fingerprint density at radius 1 is 0.971 bits per heavy atom. The summed E-state index contributed by atoms with van der Waals surface area (Å²) in [5.74, 6) is -1.35. The summed E-state index contributed by atoms with van der Waals surface area (Å²) in [4.78, 5) is 54.0. The second-order valence-corrected chi connectivity index (χ2v) is 10.4. The molecule has 2 aromatic rings. The maximum absolute atomic E-state index is 13.3. The van der Waals surface area contributed by atoms with Crippen molar-refractivity contribution in [2.45, 2.75) is 58.7 Å². The monoisotopic (exact) mass is 517 g/mol. The highest BCUT2D eigenvalue weighted by molar-refractivity contribution is 6.36. The van der Waals surface area contributed by atoms with Gasteiger partial charge in [-0.2, -0.15) is 0 Å². The van der Waals surface area contributed by atoms with Gasteiger partial charge in [-0.1, -0.05) is 41.4 Å². The molecule has 3 rings (SSSR count). The van der Waals surface area contributed by atoms with E-state index in [0.717, 1.165) is 4.90 Å². The van der Waals surface area contributed by atoms with Crippen LogP contribution in [0.4, 0.5) is 0 Å². The van der Waals surface area contributed by atoms with Crippen molar-refractivity contribution < 1.29 is 19.2 Å². The predicted molar refractivity (Wildman–Crippen MR) is 135 cm³/mol. The molecule has 0 aliphatic carbocycles. The lowest BCUT2D eigenvalue weighted by atomic mass is 10.1. The Kier molecular flexibility index (Phi) is 8.23. The van der Waals surface area contributed by atoms with Crippen LogP contribution in [0.15, 0.2) is 42.5 Å². The fraction of sp³-hybridized carbons (Fsp3) is 0.385. The number of carbonyl (C=O) groups excluding carboxylic acids is 4. The van der Waals surface area contributed by atoms with E-state index in [1.165, 1.54) is 4.90 Å². The van der Waals surface area contributed by atoms with Crippen molar-refractivity contribution in [2.75, 3.05) is 6.54 Å². The molecule has 1 aliphatic heterocycles. The first-order valence-corrected chi connectivity index (χ1v) is 12.2. The van der Waals surface area contributed by atoms with Crippen LogP contribution in [0.1, 0.15) is 66.8 Å². The third-order valence-electron chi connectivity index (χ3n) is 5.71. The largest absolute Gasteiger partial charge is 0.350 e. The Labute approximate surface area is 215 Å². The molecule has 0 spiro atoms. The molecule has 0 saturated heterocycles. The van der Waals surface area contributed by atoms with Gasteiger partial charge >= 0.3 is 0 Å². The lowest BCUT2D eigenvalue weighted by Crippen LogP contribution is -2.52. The lowest BCUT2D eigenvalue weighted by Gasteiger charge is -2.32. The van der Waals surface area contributed by atoms with Crippen molar-refractivity contribution in [1.82, 2.24) is 15.1 Å². The number of halogens is 2. The van der Waals surface area contributed by atoms with Gasteiger partial charge in [-0.3, -0.25) is 24.1 Å². The summed E-state index contributed by atoms with van der Waals surface area (Å²) in [6, 6.07) is 10.9. The summed E-state index contributed by atoms with van der Waals surface area (Å²) in [7, 11) is 0. The van der Waals surface area contributed by atoms with Crippen molar-refractivity contribution in [3.8, 4) is 0 Å². The molecule has 9 heteroatoms. The molecule has 2 aromatic carbocycles. The smallest absolute Gasteiger partial charge is 0.261 e. The summed E-state index contributed by atoms with van der Waals surface area (Å²) in [6.45, 7) is 7.36. The van der Waals surface area contributed by atoms with Gasteiger partial charge in [0.25, 0.3) is 11.8 Å². The zero-order valence-electron chi connectivity index (χ0n) is 20.2. The quantitative estimate of drug-likeness (QED) is 0.514. The minimum absolute atomic E-state index is 0.0304. The molecule has 1 atom stereocenters. The summed E-state index contributed by atoms with van der Waals surface area (Å²) in [5, 5.41) is 3.68. The van der Waals surface area contributed by atoms with Crippen molar-refractivity contribution in [3.63, 3.8) is 0 Å². The van der Waals surface area contributed by atoms with Crippen LogP contribution >= 0.6 is 23.2 Å². The van der Waals surface area contributed by atoms with Gasteiger partial charge in [0.1, 0.15) is 6.04 Å². The minimum Gasteiger partial charge on any atom is -0.350 e. The first kappa shape index (κ1) is 26.7. The summed E-state index contributed by atoms with van der Waals surface area (Å²) < 4.78 is 0. The molecule has 0 radical (unpaired) electrons.